The van der Waals surface area contributed by atoms with E-state index >= 15 is 0 Å². The van der Waals surface area contributed by atoms with Crippen LogP contribution in [0.25, 0.3) is 11.0 Å². The van der Waals surface area contributed by atoms with E-state index in [4.69, 9.17) is 10.1 Å². The highest BCUT2D eigenvalue weighted by Gasteiger charge is 2.35. The Morgan fingerprint density at radius 2 is 1.88 bits per heavy atom. The Morgan fingerprint density at radius 3 is 2.50 bits per heavy atom. The van der Waals surface area contributed by atoms with Crippen molar-refractivity contribution in [3.05, 3.63) is 53.6 Å². The summed E-state index contributed by atoms with van der Waals surface area (Å²) in [6.45, 7) is 6.78. The smallest absolute Gasteiger partial charge is 0.416 e. The van der Waals surface area contributed by atoms with E-state index in [-0.39, 0.29) is 17.9 Å². The monoisotopic (exact) mass is 473 g/mol. The number of halogens is 3. The Hall–Kier alpha value is -3.03. The molecule has 8 heteroatoms. The van der Waals surface area contributed by atoms with Gasteiger partial charge in [0.05, 0.1) is 16.6 Å². The number of carboxylic acid groups (broad SMARTS) is 1. The van der Waals surface area contributed by atoms with Gasteiger partial charge in [-0.2, -0.15) is 13.2 Å². The molecule has 0 aliphatic heterocycles. The zero-order chi connectivity index (χ0) is 24.7. The van der Waals surface area contributed by atoms with Crippen LogP contribution in [-0.2, 0) is 17.4 Å². The molecule has 0 saturated heterocycles. The molecule has 3 aromatic rings. The number of carboxylic acids is 1. The SMILES string of the molecule is C[C@H]1C[C@H](n2c(Nc3ccc(C(F)(F)F)cc3)nc3cc(CCC(=O)O)ccc32)CC(C)(C)C1. The van der Waals surface area contributed by atoms with Gasteiger partial charge in [-0.3, -0.25) is 4.79 Å². The van der Waals surface area contributed by atoms with E-state index in [0.29, 0.717) is 24.0 Å². The van der Waals surface area contributed by atoms with Crippen LogP contribution in [0.15, 0.2) is 42.5 Å². The number of carbonyl (C=O) groups is 1. The molecule has 1 aliphatic rings. The summed E-state index contributed by atoms with van der Waals surface area (Å²) in [5.74, 6) is 0.258. The maximum atomic E-state index is 13.0. The van der Waals surface area contributed by atoms with Gasteiger partial charge in [0, 0.05) is 18.2 Å². The molecular formula is C26H30F3N3O2. The molecule has 1 heterocycles. The van der Waals surface area contributed by atoms with Crippen molar-refractivity contribution < 1.29 is 23.1 Å². The molecule has 2 atom stereocenters. The number of anilines is 2. The molecule has 1 fully saturated rings. The Labute approximate surface area is 197 Å². The van der Waals surface area contributed by atoms with Crippen molar-refractivity contribution in [3.63, 3.8) is 0 Å². The largest absolute Gasteiger partial charge is 0.481 e. The van der Waals surface area contributed by atoms with Gasteiger partial charge in [-0.05, 0) is 79.0 Å². The maximum absolute atomic E-state index is 13.0. The summed E-state index contributed by atoms with van der Waals surface area (Å²) < 4.78 is 41.1. The predicted molar refractivity (Wildman–Crippen MR) is 126 cm³/mol. The average molecular weight is 474 g/mol. The highest BCUT2D eigenvalue weighted by atomic mass is 19.4. The van der Waals surface area contributed by atoms with Crippen molar-refractivity contribution in [1.82, 2.24) is 9.55 Å². The lowest BCUT2D eigenvalue weighted by Crippen LogP contribution is -2.29. The second kappa shape index (κ2) is 8.96. The van der Waals surface area contributed by atoms with Crippen LogP contribution in [0, 0.1) is 11.3 Å². The maximum Gasteiger partial charge on any atom is 0.416 e. The summed E-state index contributed by atoms with van der Waals surface area (Å²) in [6, 6.07) is 11.0. The van der Waals surface area contributed by atoms with E-state index in [2.05, 4.69) is 30.7 Å². The normalized spacial score (nSPS) is 20.4. The number of aliphatic carboxylic acids is 1. The van der Waals surface area contributed by atoms with E-state index in [1.807, 2.05) is 18.2 Å². The third-order valence-electron chi connectivity index (χ3n) is 6.58. The highest BCUT2D eigenvalue weighted by molar-refractivity contribution is 5.81. The Balaban J connectivity index is 1.74. The Kier molecular flexibility index (Phi) is 6.36. The number of aromatic nitrogens is 2. The standard InChI is InChI=1S/C26H30F3N3O2/c1-16-12-20(15-25(2,3)14-16)32-22-10-4-17(5-11-23(33)34)13-21(22)31-24(32)30-19-8-6-18(7-9-19)26(27,28)29/h4,6-10,13,16,20H,5,11-12,14-15H2,1-3H3,(H,30,31)(H,33,34)/t16-,20-/m0/s1. The van der Waals surface area contributed by atoms with E-state index in [1.165, 1.54) is 12.1 Å². The van der Waals surface area contributed by atoms with Crippen molar-refractivity contribution in [2.24, 2.45) is 11.3 Å². The Bertz CT molecular complexity index is 1180. The van der Waals surface area contributed by atoms with E-state index in [0.717, 1.165) is 48.0 Å². The number of nitrogens with one attached hydrogen (secondary N) is 1. The molecular weight excluding hydrogens is 443 g/mol. The minimum Gasteiger partial charge on any atom is -0.481 e. The Morgan fingerprint density at radius 1 is 1.18 bits per heavy atom. The van der Waals surface area contributed by atoms with Gasteiger partial charge in [0.2, 0.25) is 5.95 Å². The van der Waals surface area contributed by atoms with Crippen LogP contribution in [0.5, 0.6) is 0 Å². The molecule has 0 spiro atoms. The van der Waals surface area contributed by atoms with Gasteiger partial charge in [-0.25, -0.2) is 4.98 Å². The van der Waals surface area contributed by atoms with E-state index in [9.17, 15) is 18.0 Å². The highest BCUT2D eigenvalue weighted by Crippen LogP contribution is 2.46. The van der Waals surface area contributed by atoms with Gasteiger partial charge < -0.3 is 15.0 Å². The first kappa shape index (κ1) is 24.1. The third-order valence-corrected chi connectivity index (χ3v) is 6.58. The van der Waals surface area contributed by atoms with Crippen LogP contribution in [0.3, 0.4) is 0 Å². The van der Waals surface area contributed by atoms with Crippen LogP contribution >= 0.6 is 0 Å². The molecule has 5 nitrogen and oxygen atoms in total. The van der Waals surface area contributed by atoms with Gasteiger partial charge in [-0.15, -0.1) is 0 Å². The fourth-order valence-electron chi connectivity index (χ4n) is 5.37. The molecule has 182 valence electrons. The van der Waals surface area contributed by atoms with Crippen molar-refractivity contribution in [2.45, 2.75) is 65.1 Å². The summed E-state index contributed by atoms with van der Waals surface area (Å²) >= 11 is 0. The summed E-state index contributed by atoms with van der Waals surface area (Å²) in [5.41, 5.74) is 2.55. The summed E-state index contributed by atoms with van der Waals surface area (Å²) in [4.78, 5) is 15.8. The lowest BCUT2D eigenvalue weighted by atomic mass is 9.70. The van der Waals surface area contributed by atoms with E-state index < -0.39 is 17.7 Å². The van der Waals surface area contributed by atoms with Gasteiger partial charge in [0.15, 0.2) is 0 Å². The number of rotatable bonds is 6. The van der Waals surface area contributed by atoms with Gasteiger partial charge in [0.25, 0.3) is 0 Å². The minimum atomic E-state index is -4.39. The fourth-order valence-corrected chi connectivity index (χ4v) is 5.37. The summed E-state index contributed by atoms with van der Waals surface area (Å²) in [7, 11) is 0. The van der Waals surface area contributed by atoms with Crippen LogP contribution < -0.4 is 5.32 Å². The molecule has 2 N–H and O–H groups in total. The van der Waals surface area contributed by atoms with Crippen LogP contribution in [0.4, 0.5) is 24.8 Å². The molecule has 1 aromatic heterocycles. The second-order valence-corrected chi connectivity index (χ2v) is 10.3. The van der Waals surface area contributed by atoms with Crippen LogP contribution in [0.1, 0.15) is 63.6 Å². The number of alkyl halides is 3. The minimum absolute atomic E-state index is 0.0389. The number of fused-ring (bicyclic) bond motifs is 1. The lowest BCUT2D eigenvalue weighted by Gasteiger charge is -2.40. The van der Waals surface area contributed by atoms with Gasteiger partial charge >= 0.3 is 12.1 Å². The number of nitrogens with zero attached hydrogens (tertiary/aromatic N) is 2. The number of hydrogen-bond donors (Lipinski definition) is 2. The molecule has 0 amide bonds. The van der Waals surface area contributed by atoms with Gasteiger partial charge in [0.1, 0.15) is 0 Å². The summed E-state index contributed by atoms with van der Waals surface area (Å²) in [5, 5.41) is 12.3. The first-order valence-electron chi connectivity index (χ1n) is 11.6. The topological polar surface area (TPSA) is 67.2 Å². The average Bonchev–Trinajstić information content (AvgIpc) is 3.07. The number of benzene rings is 2. The zero-order valence-corrected chi connectivity index (χ0v) is 19.6. The summed E-state index contributed by atoms with van der Waals surface area (Å²) in [6.07, 6.45) is -0.855. The molecule has 1 aliphatic carbocycles. The quantitative estimate of drug-likeness (QED) is 0.397. The number of aryl methyl sites for hydroxylation is 1. The van der Waals surface area contributed by atoms with Crippen molar-refractivity contribution in [3.8, 4) is 0 Å². The first-order valence-corrected chi connectivity index (χ1v) is 11.6. The predicted octanol–water partition coefficient (Wildman–Crippen LogP) is 7.20. The van der Waals surface area contributed by atoms with Crippen LogP contribution in [-0.4, -0.2) is 20.6 Å². The second-order valence-electron chi connectivity index (χ2n) is 10.3. The third kappa shape index (κ3) is 5.37. The lowest BCUT2D eigenvalue weighted by molar-refractivity contribution is -0.138. The molecule has 34 heavy (non-hydrogen) atoms. The number of imidazole rings is 1. The first-order chi connectivity index (χ1) is 15.9. The molecule has 0 radical (unpaired) electrons. The zero-order valence-electron chi connectivity index (χ0n) is 19.6. The number of hydrogen-bond acceptors (Lipinski definition) is 3. The molecule has 4 rings (SSSR count). The van der Waals surface area contributed by atoms with Gasteiger partial charge in [-0.1, -0.05) is 26.8 Å². The van der Waals surface area contributed by atoms with Crippen LogP contribution in [0.2, 0.25) is 0 Å². The van der Waals surface area contributed by atoms with Crippen molar-refractivity contribution in [2.75, 3.05) is 5.32 Å². The molecule has 0 unspecified atom stereocenters. The molecule has 1 saturated carbocycles. The van der Waals surface area contributed by atoms with Crippen molar-refractivity contribution >= 4 is 28.6 Å². The van der Waals surface area contributed by atoms with E-state index in [1.54, 1.807) is 0 Å². The molecule has 2 aromatic carbocycles. The van der Waals surface area contributed by atoms with Crippen molar-refractivity contribution in [1.29, 1.82) is 0 Å². The fraction of sp³-hybridized carbons (Fsp3) is 0.462. The molecule has 0 bridgehead atoms.